The fraction of sp³-hybridized carbons (Fsp3) is 0.200. The Kier molecular flexibility index (Phi) is 5.83. The molecule has 32 heavy (non-hydrogen) atoms. The number of hydrogen-bond acceptors (Lipinski definition) is 5. The highest BCUT2D eigenvalue weighted by Crippen LogP contribution is 2.35. The van der Waals surface area contributed by atoms with Gasteiger partial charge < -0.3 is 21.5 Å². The van der Waals surface area contributed by atoms with Crippen LogP contribution in [0.25, 0.3) is 21.9 Å². The van der Waals surface area contributed by atoms with Gasteiger partial charge in [-0.1, -0.05) is 36.9 Å². The Labute approximate surface area is 186 Å². The highest BCUT2D eigenvalue weighted by atomic mass is 16.5. The minimum Gasteiger partial charge on any atom is -0.482 e. The fourth-order valence-corrected chi connectivity index (χ4v) is 3.98. The van der Waals surface area contributed by atoms with Gasteiger partial charge in [0.15, 0.2) is 6.61 Å². The van der Waals surface area contributed by atoms with Crippen LogP contribution in [-0.4, -0.2) is 36.9 Å². The lowest BCUT2D eigenvalue weighted by Crippen LogP contribution is -2.25. The summed E-state index contributed by atoms with van der Waals surface area (Å²) in [7, 11) is 1.56. The Bertz CT molecular complexity index is 1240. The van der Waals surface area contributed by atoms with Crippen LogP contribution in [0.5, 0.6) is 5.75 Å². The molecule has 0 saturated carbocycles. The standard InChI is InChI=1S/C25H26N4O3/c1-15(25(27)31)11-29-12-19-6-4-16-3-5-17(9-20(16)21(19)13-29)18-7-8-22(26)23(10-18)32-14-24(30)28-2/h3-10H,1,11-14,26H2,2H3,(H2,27,31)(H,28,30). The first-order chi connectivity index (χ1) is 15.4. The van der Waals surface area contributed by atoms with Crippen molar-refractivity contribution in [3.05, 3.63) is 71.8 Å². The van der Waals surface area contributed by atoms with Crippen molar-refractivity contribution in [2.45, 2.75) is 13.1 Å². The largest absolute Gasteiger partial charge is 0.482 e. The predicted octanol–water partition coefficient (Wildman–Crippen LogP) is 2.57. The van der Waals surface area contributed by atoms with Crippen molar-refractivity contribution in [3.8, 4) is 16.9 Å². The summed E-state index contributed by atoms with van der Waals surface area (Å²) < 4.78 is 5.59. The van der Waals surface area contributed by atoms with Gasteiger partial charge in [0.05, 0.1) is 5.69 Å². The van der Waals surface area contributed by atoms with Crippen LogP contribution in [0.4, 0.5) is 5.69 Å². The maximum Gasteiger partial charge on any atom is 0.257 e. The van der Waals surface area contributed by atoms with Crippen LogP contribution in [0.2, 0.25) is 0 Å². The number of nitrogen functional groups attached to an aromatic ring is 1. The Balaban J connectivity index is 1.65. The quantitative estimate of drug-likeness (QED) is 0.394. The van der Waals surface area contributed by atoms with Gasteiger partial charge in [0.25, 0.3) is 5.91 Å². The lowest BCUT2D eigenvalue weighted by Gasteiger charge is -2.14. The van der Waals surface area contributed by atoms with Crippen molar-refractivity contribution in [1.29, 1.82) is 0 Å². The molecule has 5 N–H and O–H groups in total. The van der Waals surface area contributed by atoms with Gasteiger partial charge in [-0.2, -0.15) is 0 Å². The summed E-state index contributed by atoms with van der Waals surface area (Å²) in [5, 5.41) is 4.84. The van der Waals surface area contributed by atoms with Crippen molar-refractivity contribution in [3.63, 3.8) is 0 Å². The number of likely N-dealkylation sites (N-methyl/N-ethyl adjacent to an activating group) is 1. The summed E-state index contributed by atoms with van der Waals surface area (Å²) in [4.78, 5) is 25.1. The highest BCUT2D eigenvalue weighted by molar-refractivity contribution is 5.92. The second-order valence-corrected chi connectivity index (χ2v) is 7.97. The molecule has 0 radical (unpaired) electrons. The third kappa shape index (κ3) is 4.29. The molecule has 0 bridgehead atoms. The summed E-state index contributed by atoms with van der Waals surface area (Å²) in [5.41, 5.74) is 16.7. The monoisotopic (exact) mass is 430 g/mol. The Morgan fingerprint density at radius 2 is 1.81 bits per heavy atom. The van der Waals surface area contributed by atoms with Crippen LogP contribution in [0, 0.1) is 0 Å². The van der Waals surface area contributed by atoms with Crippen LogP contribution in [0.15, 0.2) is 60.7 Å². The number of rotatable bonds is 7. The Morgan fingerprint density at radius 1 is 1.09 bits per heavy atom. The second kappa shape index (κ2) is 8.72. The van der Waals surface area contributed by atoms with E-state index in [4.69, 9.17) is 16.2 Å². The maximum atomic E-state index is 11.5. The number of anilines is 1. The average molecular weight is 431 g/mol. The topological polar surface area (TPSA) is 111 Å². The SMILES string of the molecule is C=C(CN1Cc2ccc3ccc(-c4ccc(N)c(OCC(=O)NC)c4)cc3c2C1)C(N)=O. The van der Waals surface area contributed by atoms with Crippen molar-refractivity contribution in [2.24, 2.45) is 5.73 Å². The zero-order valence-electron chi connectivity index (χ0n) is 18.0. The van der Waals surface area contributed by atoms with E-state index in [0.717, 1.165) is 35.0 Å². The number of carbonyl (C=O) groups excluding carboxylic acids is 2. The molecule has 0 aliphatic carbocycles. The molecule has 0 saturated heterocycles. The number of benzene rings is 3. The normalized spacial score (nSPS) is 13.0. The molecule has 3 aromatic carbocycles. The minimum atomic E-state index is -0.467. The molecule has 2 amide bonds. The molecule has 3 aromatic rings. The number of primary amides is 1. The lowest BCUT2D eigenvalue weighted by molar-refractivity contribution is -0.122. The predicted molar refractivity (Wildman–Crippen MR) is 126 cm³/mol. The van der Waals surface area contributed by atoms with E-state index >= 15 is 0 Å². The summed E-state index contributed by atoms with van der Waals surface area (Å²) >= 11 is 0. The van der Waals surface area contributed by atoms with Gasteiger partial charge in [-0.15, -0.1) is 0 Å². The molecule has 0 aromatic heterocycles. The summed E-state index contributed by atoms with van der Waals surface area (Å²) in [6.07, 6.45) is 0. The van der Waals surface area contributed by atoms with Gasteiger partial charge >= 0.3 is 0 Å². The molecule has 164 valence electrons. The van der Waals surface area contributed by atoms with E-state index in [1.54, 1.807) is 13.1 Å². The third-order valence-electron chi connectivity index (χ3n) is 5.75. The Morgan fingerprint density at radius 3 is 2.56 bits per heavy atom. The number of ether oxygens (including phenoxy) is 1. The summed E-state index contributed by atoms with van der Waals surface area (Å²) in [6, 6.07) is 16.1. The number of amides is 2. The van der Waals surface area contributed by atoms with Gasteiger partial charge in [-0.3, -0.25) is 14.5 Å². The van der Waals surface area contributed by atoms with Crippen LogP contribution in [-0.2, 0) is 22.7 Å². The number of carbonyl (C=O) groups is 2. The number of nitrogens with zero attached hydrogens (tertiary/aromatic N) is 1. The smallest absolute Gasteiger partial charge is 0.257 e. The number of fused-ring (bicyclic) bond motifs is 3. The number of hydrogen-bond donors (Lipinski definition) is 3. The summed E-state index contributed by atoms with van der Waals surface area (Å²) in [5.74, 6) is -0.217. The molecule has 1 aliphatic heterocycles. The molecular weight excluding hydrogens is 404 g/mol. The number of nitrogens with two attached hydrogens (primary N) is 2. The van der Waals surface area contributed by atoms with E-state index in [-0.39, 0.29) is 12.5 Å². The first-order valence-corrected chi connectivity index (χ1v) is 10.3. The van der Waals surface area contributed by atoms with Crippen molar-refractivity contribution >= 4 is 28.3 Å². The Hall–Kier alpha value is -3.84. The fourth-order valence-electron chi connectivity index (χ4n) is 3.98. The molecule has 0 unspecified atom stereocenters. The van der Waals surface area contributed by atoms with Crippen molar-refractivity contribution < 1.29 is 14.3 Å². The molecule has 7 heteroatoms. The number of nitrogens with one attached hydrogen (secondary N) is 1. The van der Waals surface area contributed by atoms with E-state index in [2.05, 4.69) is 47.1 Å². The first-order valence-electron chi connectivity index (χ1n) is 10.3. The van der Waals surface area contributed by atoms with Crippen LogP contribution in [0.3, 0.4) is 0 Å². The molecule has 1 heterocycles. The van der Waals surface area contributed by atoms with Crippen LogP contribution >= 0.6 is 0 Å². The van der Waals surface area contributed by atoms with Crippen molar-refractivity contribution in [1.82, 2.24) is 10.2 Å². The molecule has 1 aliphatic rings. The highest BCUT2D eigenvalue weighted by Gasteiger charge is 2.22. The zero-order chi connectivity index (χ0) is 22.8. The van der Waals surface area contributed by atoms with E-state index < -0.39 is 5.91 Å². The van der Waals surface area contributed by atoms with Gasteiger partial charge in [0.2, 0.25) is 5.91 Å². The van der Waals surface area contributed by atoms with Crippen molar-refractivity contribution in [2.75, 3.05) is 25.9 Å². The van der Waals surface area contributed by atoms with Gasteiger partial charge in [-0.05, 0) is 51.2 Å². The maximum absolute atomic E-state index is 11.5. The summed E-state index contributed by atoms with van der Waals surface area (Å²) in [6.45, 7) is 5.62. The average Bonchev–Trinajstić information content (AvgIpc) is 3.20. The van der Waals surface area contributed by atoms with Crippen LogP contribution < -0.4 is 21.5 Å². The molecule has 0 spiro atoms. The van der Waals surface area contributed by atoms with Gasteiger partial charge in [-0.25, -0.2) is 0 Å². The van der Waals surface area contributed by atoms with Gasteiger partial charge in [0, 0.05) is 32.3 Å². The molecule has 0 fully saturated rings. The molecule has 7 nitrogen and oxygen atoms in total. The van der Waals surface area contributed by atoms with E-state index in [9.17, 15) is 9.59 Å². The molecule has 4 rings (SSSR count). The third-order valence-corrected chi connectivity index (χ3v) is 5.75. The van der Waals surface area contributed by atoms with E-state index in [1.165, 1.54) is 11.1 Å². The second-order valence-electron chi connectivity index (χ2n) is 7.97. The van der Waals surface area contributed by atoms with E-state index in [0.29, 0.717) is 23.6 Å². The molecular formula is C25H26N4O3. The minimum absolute atomic E-state index is 0.0954. The van der Waals surface area contributed by atoms with Crippen LogP contribution in [0.1, 0.15) is 11.1 Å². The van der Waals surface area contributed by atoms with E-state index in [1.807, 2.05) is 12.1 Å². The van der Waals surface area contributed by atoms with Gasteiger partial charge in [0.1, 0.15) is 5.75 Å². The lowest BCUT2D eigenvalue weighted by atomic mass is 9.96. The zero-order valence-corrected chi connectivity index (χ0v) is 18.0. The molecule has 0 atom stereocenters. The first kappa shape index (κ1) is 21.4.